The van der Waals surface area contributed by atoms with E-state index >= 15 is 0 Å². The van der Waals surface area contributed by atoms with E-state index < -0.39 is 23.4 Å². The Balaban J connectivity index is 0.000000864. The standard InChI is InChI=1S/C16H19F3N3O2.C8H10OS.H2O.U/c1-15(2,3)24-14(23)21-9-11(10-21)4-5-13-8-12(16(17,18)19)6-7-22(13)20;1-6-4-3-5-7(2)8(6)10-9;;/h6-8,11H,9-10,20H2,1-3H3;3-5,9H,1-2H3;1H2;/q+1;;;. The predicted octanol–water partition coefficient (Wildman–Crippen LogP) is 3.97. The van der Waals surface area contributed by atoms with Gasteiger partial charge < -0.3 is 19.7 Å². The van der Waals surface area contributed by atoms with Crippen LogP contribution in [0.2, 0.25) is 0 Å². The van der Waals surface area contributed by atoms with E-state index in [1.807, 2.05) is 32.0 Å². The van der Waals surface area contributed by atoms with Gasteiger partial charge in [-0.1, -0.05) is 28.8 Å². The first-order valence-corrected chi connectivity index (χ1v) is 11.2. The van der Waals surface area contributed by atoms with E-state index in [4.69, 9.17) is 15.1 Å². The van der Waals surface area contributed by atoms with Crippen molar-refractivity contribution in [2.24, 2.45) is 5.92 Å². The Hall–Kier alpha value is -1.89. The summed E-state index contributed by atoms with van der Waals surface area (Å²) in [6.07, 6.45) is -3.76. The van der Waals surface area contributed by atoms with Gasteiger partial charge in [0.2, 0.25) is 6.20 Å². The van der Waals surface area contributed by atoms with Gasteiger partial charge >= 0.3 is 12.3 Å². The van der Waals surface area contributed by atoms with Crippen LogP contribution in [0.25, 0.3) is 0 Å². The van der Waals surface area contributed by atoms with Crippen molar-refractivity contribution in [1.29, 1.82) is 0 Å². The first-order chi connectivity index (χ1) is 15.7. The van der Waals surface area contributed by atoms with Crippen LogP contribution in [0.4, 0.5) is 18.0 Å². The second kappa shape index (κ2) is 14.2. The van der Waals surface area contributed by atoms with Crippen LogP contribution in [0.5, 0.6) is 0 Å². The number of alkyl halides is 3. The van der Waals surface area contributed by atoms with Crippen LogP contribution in [0, 0.1) is 62.7 Å². The molecule has 5 N–H and O–H groups in total. The van der Waals surface area contributed by atoms with Crippen LogP contribution < -0.4 is 10.5 Å². The summed E-state index contributed by atoms with van der Waals surface area (Å²) in [6, 6.07) is 7.76. The van der Waals surface area contributed by atoms with E-state index in [-0.39, 0.29) is 48.2 Å². The van der Waals surface area contributed by atoms with Crippen molar-refractivity contribution in [3.8, 4) is 11.8 Å². The van der Waals surface area contributed by atoms with E-state index in [1.54, 1.807) is 20.8 Å². The molecule has 0 saturated carbocycles. The van der Waals surface area contributed by atoms with Crippen LogP contribution in [-0.4, -0.2) is 39.7 Å². The number of pyridine rings is 1. The third-order valence-electron chi connectivity index (χ3n) is 4.75. The van der Waals surface area contributed by atoms with Gasteiger partial charge in [-0.2, -0.15) is 13.2 Å². The Morgan fingerprint density at radius 1 is 1.19 bits per heavy atom. The van der Waals surface area contributed by atoms with Gasteiger partial charge in [0, 0.05) is 79.2 Å². The number of carbonyl (C=O) groups excluding carboxylic acids is 1. The molecule has 0 radical (unpaired) electrons. The van der Waals surface area contributed by atoms with Crippen molar-refractivity contribution in [3.05, 3.63) is 58.9 Å². The molecule has 1 aliphatic rings. The summed E-state index contributed by atoms with van der Waals surface area (Å²) in [4.78, 5) is 14.2. The molecular weight excluding hydrogens is 721 g/mol. The SMILES string of the molecule is CC(C)(C)OC(=O)N1CC(C#Cc2cc(C(F)(F)F)cc[n+]2N)C1.Cc1cccc(C)c1SO.O.[U]. The Morgan fingerprint density at radius 2 is 1.75 bits per heavy atom. The monoisotopic (exact) mass is 752 g/mol. The number of aromatic nitrogens is 1. The Morgan fingerprint density at radius 3 is 2.19 bits per heavy atom. The Bertz CT molecular complexity index is 1070. The van der Waals surface area contributed by atoms with Gasteiger partial charge in [-0.25, -0.2) is 10.6 Å². The molecule has 1 aromatic heterocycles. The number of nitrogens with zero attached hydrogens (tertiary/aromatic N) is 2. The average Bonchev–Trinajstić information content (AvgIpc) is 2.66. The summed E-state index contributed by atoms with van der Waals surface area (Å²) in [7, 11) is 0. The first kappa shape index (κ1) is 34.1. The van der Waals surface area contributed by atoms with Crippen LogP contribution >= 0.6 is 12.0 Å². The number of amides is 1. The molecule has 1 aromatic carbocycles. The molecule has 196 valence electrons. The maximum absolute atomic E-state index is 12.7. The van der Waals surface area contributed by atoms with E-state index in [0.717, 1.165) is 51.1 Å². The number of hydrogen-bond acceptors (Lipinski definition) is 5. The predicted molar refractivity (Wildman–Crippen MR) is 128 cm³/mol. The molecule has 36 heavy (non-hydrogen) atoms. The van der Waals surface area contributed by atoms with Gasteiger partial charge in [0.05, 0.1) is 11.5 Å². The molecule has 2 heterocycles. The summed E-state index contributed by atoms with van der Waals surface area (Å²) in [5, 5.41) is 0. The van der Waals surface area contributed by atoms with Crippen molar-refractivity contribution in [2.45, 2.75) is 51.3 Å². The van der Waals surface area contributed by atoms with Crippen LogP contribution in [0.1, 0.15) is 43.2 Å². The van der Waals surface area contributed by atoms with Crippen LogP contribution in [-0.2, 0) is 10.9 Å². The number of halogens is 3. The molecular formula is C24H31F3N3O4SU+. The molecule has 1 aliphatic heterocycles. The molecule has 1 amide bonds. The van der Waals surface area contributed by atoms with Crippen molar-refractivity contribution < 1.29 is 68.5 Å². The summed E-state index contributed by atoms with van der Waals surface area (Å²) < 4.78 is 53.1. The van der Waals surface area contributed by atoms with E-state index in [2.05, 4.69) is 11.8 Å². The van der Waals surface area contributed by atoms with Gasteiger partial charge in [0.1, 0.15) is 5.60 Å². The maximum Gasteiger partial charge on any atom is 0.416 e. The molecule has 0 aliphatic carbocycles. The fourth-order valence-electron chi connectivity index (χ4n) is 2.95. The number of rotatable bonds is 1. The first-order valence-electron chi connectivity index (χ1n) is 10.5. The molecule has 7 nitrogen and oxygen atoms in total. The zero-order valence-electron chi connectivity index (χ0n) is 20.7. The zero-order chi connectivity index (χ0) is 25.7. The summed E-state index contributed by atoms with van der Waals surface area (Å²) in [5.74, 6) is 10.9. The maximum atomic E-state index is 12.7. The van der Waals surface area contributed by atoms with Gasteiger partial charge in [-0.3, -0.25) is 0 Å². The molecule has 0 bridgehead atoms. The number of aryl methyl sites for hydroxylation is 2. The molecule has 0 spiro atoms. The molecule has 1 saturated heterocycles. The second-order valence-corrected chi connectivity index (χ2v) is 9.46. The van der Waals surface area contributed by atoms with E-state index in [9.17, 15) is 18.0 Å². The third kappa shape index (κ3) is 10.2. The number of nitrogens with two attached hydrogens (primary N) is 1. The Kier molecular flexibility index (Phi) is 13.4. The average molecular weight is 753 g/mol. The molecule has 2 aromatic rings. The summed E-state index contributed by atoms with van der Waals surface area (Å²) in [5.41, 5.74) is 0.940. The summed E-state index contributed by atoms with van der Waals surface area (Å²) >= 11 is 0.822. The minimum absolute atomic E-state index is 0. The fourth-order valence-corrected chi connectivity index (χ4v) is 3.38. The van der Waals surface area contributed by atoms with Crippen molar-refractivity contribution in [2.75, 3.05) is 18.9 Å². The molecule has 12 heteroatoms. The van der Waals surface area contributed by atoms with Gasteiger partial charge in [0.25, 0.3) is 5.69 Å². The van der Waals surface area contributed by atoms with Crippen molar-refractivity contribution in [3.63, 3.8) is 0 Å². The number of ether oxygens (including phenoxy) is 1. The van der Waals surface area contributed by atoms with Gasteiger partial charge in [-0.15, -0.1) is 0 Å². The van der Waals surface area contributed by atoms with Crippen LogP contribution in [0.15, 0.2) is 41.4 Å². The third-order valence-corrected chi connectivity index (χ3v) is 5.58. The van der Waals surface area contributed by atoms with Gasteiger partial charge in [-0.05, 0) is 45.7 Å². The topological polar surface area (TPSA) is 111 Å². The molecule has 0 unspecified atom stereocenters. The molecule has 3 rings (SSSR count). The smallest absolute Gasteiger partial charge is 0.416 e. The van der Waals surface area contributed by atoms with Gasteiger partial charge in [0.15, 0.2) is 0 Å². The number of benzene rings is 1. The fraction of sp³-hybridized carbons (Fsp3) is 0.417. The minimum Gasteiger partial charge on any atom is -0.444 e. The molecule has 1 fully saturated rings. The van der Waals surface area contributed by atoms with E-state index in [0.29, 0.717) is 13.1 Å². The zero-order valence-corrected chi connectivity index (χ0v) is 25.7. The quantitative estimate of drug-likeness (QED) is 0.199. The number of hydrogen-bond donors (Lipinski definition) is 2. The number of nitrogen functional groups attached to an aromatic ring is 1. The Labute approximate surface area is 237 Å². The number of likely N-dealkylation sites (tertiary alicyclic amines) is 1. The van der Waals surface area contributed by atoms with E-state index in [1.165, 1.54) is 4.90 Å². The van der Waals surface area contributed by atoms with Crippen molar-refractivity contribution in [1.82, 2.24) is 4.90 Å². The van der Waals surface area contributed by atoms with Crippen molar-refractivity contribution >= 4 is 18.1 Å². The van der Waals surface area contributed by atoms with Crippen LogP contribution in [0.3, 0.4) is 0 Å². The largest absolute Gasteiger partial charge is 0.444 e. The molecule has 0 atom stereocenters. The minimum atomic E-state index is -4.45. The normalized spacial score (nSPS) is 13.0. The number of carbonyl (C=O) groups is 1. The summed E-state index contributed by atoms with van der Waals surface area (Å²) in [6.45, 7) is 10.1. The second-order valence-electron chi connectivity index (χ2n) is 8.87.